The Morgan fingerprint density at radius 3 is 3.07 bits per heavy atom. The Labute approximate surface area is 93.5 Å². The summed E-state index contributed by atoms with van der Waals surface area (Å²) in [4.78, 5) is 5.41. The highest BCUT2D eigenvalue weighted by Gasteiger charge is 1.99. The summed E-state index contributed by atoms with van der Waals surface area (Å²) in [6.07, 6.45) is 5.85. The quantitative estimate of drug-likeness (QED) is 0.430. The summed E-state index contributed by atoms with van der Waals surface area (Å²) >= 11 is 3.60. The number of aromatic nitrogens is 1. The van der Waals surface area contributed by atoms with E-state index in [0.717, 1.165) is 10.9 Å². The van der Waals surface area contributed by atoms with Crippen molar-refractivity contribution in [2.75, 3.05) is 11.2 Å². The standard InChI is InChI=1S/C9H17N3S2/c1-2-3-4-5-13-7-8-6-11-9(12-10)14-8/h6H,2-5,7,10H2,1H3,(H,11,12). The molecule has 0 unspecified atom stereocenters. The largest absolute Gasteiger partial charge is 0.300 e. The zero-order valence-electron chi connectivity index (χ0n) is 8.45. The number of rotatable bonds is 7. The molecule has 80 valence electrons. The second-order valence-electron chi connectivity index (χ2n) is 3.04. The van der Waals surface area contributed by atoms with Gasteiger partial charge in [-0.2, -0.15) is 11.8 Å². The number of hydrazine groups is 1. The molecule has 14 heavy (non-hydrogen) atoms. The van der Waals surface area contributed by atoms with Gasteiger partial charge in [-0.3, -0.25) is 5.43 Å². The molecular formula is C9H17N3S2. The summed E-state index contributed by atoms with van der Waals surface area (Å²) in [5, 5.41) is 0.800. The van der Waals surface area contributed by atoms with Gasteiger partial charge in [0.25, 0.3) is 0 Å². The Kier molecular flexibility index (Phi) is 5.98. The smallest absolute Gasteiger partial charge is 0.197 e. The number of nitrogens with one attached hydrogen (secondary N) is 1. The van der Waals surface area contributed by atoms with Crippen LogP contribution < -0.4 is 11.3 Å². The zero-order chi connectivity index (χ0) is 10.2. The molecule has 3 nitrogen and oxygen atoms in total. The monoisotopic (exact) mass is 231 g/mol. The molecule has 0 radical (unpaired) electrons. The van der Waals surface area contributed by atoms with Crippen LogP contribution in [-0.2, 0) is 5.75 Å². The average Bonchev–Trinajstić information content (AvgIpc) is 2.65. The van der Waals surface area contributed by atoms with Gasteiger partial charge < -0.3 is 0 Å². The number of hydrogen-bond donors (Lipinski definition) is 2. The number of unbranched alkanes of at least 4 members (excludes halogenated alkanes) is 2. The maximum Gasteiger partial charge on any atom is 0.197 e. The summed E-state index contributed by atoms with van der Waals surface area (Å²) in [6, 6.07) is 0. The van der Waals surface area contributed by atoms with Crippen molar-refractivity contribution in [1.29, 1.82) is 0 Å². The van der Waals surface area contributed by atoms with Gasteiger partial charge in [0.15, 0.2) is 5.13 Å². The van der Waals surface area contributed by atoms with Crippen LogP contribution in [0.4, 0.5) is 5.13 Å². The third-order valence-corrected chi connectivity index (χ3v) is 4.02. The SMILES string of the molecule is CCCCCSCc1cnc(NN)s1. The third kappa shape index (κ3) is 4.30. The molecule has 0 fully saturated rings. The molecule has 1 rings (SSSR count). The molecule has 0 aliphatic rings. The fraction of sp³-hybridized carbons (Fsp3) is 0.667. The molecule has 0 amide bonds. The molecule has 0 saturated carbocycles. The van der Waals surface area contributed by atoms with Gasteiger partial charge >= 0.3 is 0 Å². The molecule has 0 spiro atoms. The highest BCUT2D eigenvalue weighted by molar-refractivity contribution is 7.98. The van der Waals surface area contributed by atoms with E-state index in [0.29, 0.717) is 0 Å². The molecule has 0 aromatic carbocycles. The average molecular weight is 231 g/mol. The van der Waals surface area contributed by atoms with Gasteiger partial charge in [-0.25, -0.2) is 10.8 Å². The van der Waals surface area contributed by atoms with Crippen LogP contribution in [0.25, 0.3) is 0 Å². The second-order valence-corrected chi connectivity index (χ2v) is 5.26. The minimum Gasteiger partial charge on any atom is -0.300 e. The highest BCUT2D eigenvalue weighted by atomic mass is 32.2. The fourth-order valence-electron chi connectivity index (χ4n) is 1.07. The molecule has 0 aliphatic heterocycles. The van der Waals surface area contributed by atoms with Crippen molar-refractivity contribution in [2.24, 2.45) is 5.84 Å². The molecule has 0 bridgehead atoms. The number of hydrogen-bond acceptors (Lipinski definition) is 5. The van der Waals surface area contributed by atoms with Gasteiger partial charge in [0.2, 0.25) is 0 Å². The lowest BCUT2D eigenvalue weighted by Gasteiger charge is -1.97. The van der Waals surface area contributed by atoms with Gasteiger partial charge in [-0.05, 0) is 12.2 Å². The van der Waals surface area contributed by atoms with E-state index < -0.39 is 0 Å². The van der Waals surface area contributed by atoms with E-state index in [-0.39, 0.29) is 0 Å². The predicted molar refractivity (Wildman–Crippen MR) is 65.6 cm³/mol. The molecule has 1 aromatic heterocycles. The van der Waals surface area contributed by atoms with E-state index in [1.807, 2.05) is 18.0 Å². The van der Waals surface area contributed by atoms with Gasteiger partial charge in [-0.1, -0.05) is 19.8 Å². The van der Waals surface area contributed by atoms with Crippen LogP contribution in [0, 0.1) is 0 Å². The Morgan fingerprint density at radius 2 is 2.43 bits per heavy atom. The van der Waals surface area contributed by atoms with Crippen LogP contribution in [0.1, 0.15) is 31.1 Å². The van der Waals surface area contributed by atoms with Crippen LogP contribution in [-0.4, -0.2) is 10.7 Å². The summed E-state index contributed by atoms with van der Waals surface area (Å²) in [5.41, 5.74) is 2.56. The van der Waals surface area contributed by atoms with Crippen molar-refractivity contribution in [2.45, 2.75) is 31.9 Å². The van der Waals surface area contributed by atoms with Gasteiger partial charge in [-0.15, -0.1) is 11.3 Å². The summed E-state index contributed by atoms with van der Waals surface area (Å²) in [5.74, 6) is 7.55. The summed E-state index contributed by atoms with van der Waals surface area (Å²) in [6.45, 7) is 2.23. The van der Waals surface area contributed by atoms with Crippen molar-refractivity contribution in [3.05, 3.63) is 11.1 Å². The Bertz CT molecular complexity index is 250. The lowest BCUT2D eigenvalue weighted by molar-refractivity contribution is 0.778. The first-order valence-corrected chi connectivity index (χ1v) is 6.83. The number of nitrogens with zero attached hydrogens (tertiary/aromatic N) is 1. The molecule has 0 aliphatic carbocycles. The van der Waals surface area contributed by atoms with Gasteiger partial charge in [0, 0.05) is 16.8 Å². The number of nitrogen functional groups attached to an aromatic ring is 1. The Hall–Kier alpha value is -0.260. The second kappa shape index (κ2) is 7.09. The molecule has 0 saturated heterocycles. The topological polar surface area (TPSA) is 50.9 Å². The molecule has 1 aromatic rings. The maximum absolute atomic E-state index is 5.25. The van der Waals surface area contributed by atoms with Crippen LogP contribution in [0.2, 0.25) is 0 Å². The normalized spacial score (nSPS) is 10.4. The minimum atomic E-state index is 0.800. The van der Waals surface area contributed by atoms with Crippen LogP contribution in [0.5, 0.6) is 0 Å². The van der Waals surface area contributed by atoms with Gasteiger partial charge in [0.1, 0.15) is 0 Å². The first-order valence-electron chi connectivity index (χ1n) is 4.86. The van der Waals surface area contributed by atoms with E-state index in [2.05, 4.69) is 17.3 Å². The van der Waals surface area contributed by atoms with Crippen LogP contribution >= 0.6 is 23.1 Å². The first-order chi connectivity index (χ1) is 6.86. The van der Waals surface area contributed by atoms with Crippen molar-refractivity contribution in [3.8, 4) is 0 Å². The highest BCUT2D eigenvalue weighted by Crippen LogP contribution is 2.22. The predicted octanol–water partition coefficient (Wildman–Crippen LogP) is 2.85. The lowest BCUT2D eigenvalue weighted by atomic mass is 10.3. The van der Waals surface area contributed by atoms with Crippen LogP contribution in [0.15, 0.2) is 6.20 Å². The minimum absolute atomic E-state index is 0.800. The van der Waals surface area contributed by atoms with Crippen LogP contribution in [0.3, 0.4) is 0 Å². The zero-order valence-corrected chi connectivity index (χ0v) is 10.1. The molecule has 5 heteroatoms. The molecule has 0 atom stereocenters. The first kappa shape index (κ1) is 11.8. The third-order valence-electron chi connectivity index (χ3n) is 1.81. The number of thiazole rings is 1. The Morgan fingerprint density at radius 1 is 1.57 bits per heavy atom. The van der Waals surface area contributed by atoms with E-state index in [1.54, 1.807) is 11.3 Å². The lowest BCUT2D eigenvalue weighted by Crippen LogP contribution is -2.05. The summed E-state index contributed by atoms with van der Waals surface area (Å²) < 4.78 is 0. The van der Waals surface area contributed by atoms with Crippen molar-refractivity contribution in [3.63, 3.8) is 0 Å². The maximum atomic E-state index is 5.25. The van der Waals surface area contributed by atoms with E-state index in [9.17, 15) is 0 Å². The van der Waals surface area contributed by atoms with Crippen molar-refractivity contribution < 1.29 is 0 Å². The van der Waals surface area contributed by atoms with Crippen molar-refractivity contribution in [1.82, 2.24) is 4.98 Å². The van der Waals surface area contributed by atoms with E-state index in [1.165, 1.54) is 29.9 Å². The van der Waals surface area contributed by atoms with E-state index in [4.69, 9.17) is 5.84 Å². The molecule has 1 heterocycles. The number of anilines is 1. The molecular weight excluding hydrogens is 214 g/mol. The number of thioether (sulfide) groups is 1. The van der Waals surface area contributed by atoms with E-state index >= 15 is 0 Å². The molecule has 3 N–H and O–H groups in total. The summed E-state index contributed by atoms with van der Waals surface area (Å²) in [7, 11) is 0. The number of nitrogens with two attached hydrogens (primary N) is 1. The van der Waals surface area contributed by atoms with Gasteiger partial charge in [0.05, 0.1) is 0 Å². The Balaban J connectivity index is 2.12. The van der Waals surface area contributed by atoms with Crippen molar-refractivity contribution >= 4 is 28.2 Å². The fourth-order valence-corrected chi connectivity index (χ4v) is 2.90.